The fourth-order valence-electron chi connectivity index (χ4n) is 9.70. The first-order valence-electron chi connectivity index (χ1n) is 24.0. The fraction of sp³-hybridized carbons (Fsp3) is 0.119. The van der Waals surface area contributed by atoms with Crippen molar-refractivity contribution in [1.82, 2.24) is 0 Å². The molecule has 0 atom stereocenters. The number of hydrogen-bond donors (Lipinski definition) is 0. The number of aryl methyl sites for hydroxylation is 3. The van der Waals surface area contributed by atoms with Crippen LogP contribution in [0.5, 0.6) is 0 Å². The lowest BCUT2D eigenvalue weighted by atomic mass is 9.74. The van der Waals surface area contributed by atoms with E-state index >= 15 is 0 Å². The molecule has 2 heteroatoms. The predicted molar refractivity (Wildman–Crippen MR) is 295 cm³/mol. The van der Waals surface area contributed by atoms with Crippen LogP contribution in [0.3, 0.4) is 0 Å². The van der Waals surface area contributed by atoms with Crippen molar-refractivity contribution in [3.8, 4) is 11.1 Å². The van der Waals surface area contributed by atoms with Crippen LogP contribution in [0.4, 0.5) is 17.1 Å². The van der Waals surface area contributed by atoms with Crippen molar-refractivity contribution in [3.63, 3.8) is 0 Å². The number of anilines is 2. The molecular weight excluding hydrogens is 833 g/mol. The molecule has 2 nitrogen and oxygen atoms in total. The molecule has 9 aromatic carbocycles. The summed E-state index contributed by atoms with van der Waals surface area (Å²) in [6, 6.07) is 80.3. The van der Waals surface area contributed by atoms with Crippen molar-refractivity contribution < 1.29 is 0 Å². The van der Waals surface area contributed by atoms with Gasteiger partial charge < -0.3 is 4.90 Å². The predicted octanol–water partition coefficient (Wildman–Crippen LogP) is 17.4. The van der Waals surface area contributed by atoms with Crippen LogP contribution < -0.4 is 4.90 Å². The number of para-hydroxylation sites is 3. The molecule has 0 aliphatic carbocycles. The van der Waals surface area contributed by atoms with Gasteiger partial charge >= 0.3 is 0 Å². The molecule has 0 saturated heterocycles. The largest absolute Gasteiger partial charge is 0.310 e. The van der Waals surface area contributed by atoms with E-state index in [1.165, 1.54) is 38.9 Å². The lowest BCUT2D eigenvalue weighted by Crippen LogP contribution is -2.22. The van der Waals surface area contributed by atoms with Crippen molar-refractivity contribution in [1.29, 1.82) is 0 Å². The highest BCUT2D eigenvalue weighted by atomic mass is 15.1. The van der Waals surface area contributed by atoms with E-state index in [4.69, 9.17) is 11.6 Å². The highest BCUT2D eigenvalue weighted by molar-refractivity contribution is 6.05. The summed E-state index contributed by atoms with van der Waals surface area (Å²) < 4.78 is 0. The minimum Gasteiger partial charge on any atom is -0.310 e. The van der Waals surface area contributed by atoms with Gasteiger partial charge in [0.25, 0.3) is 0 Å². The third kappa shape index (κ3) is 10.3. The first kappa shape index (κ1) is 46.1. The molecule has 0 fully saturated rings. The van der Waals surface area contributed by atoms with Crippen LogP contribution in [0, 0.1) is 20.8 Å². The maximum Gasteiger partial charge on any atom is 0.0662 e. The highest BCUT2D eigenvalue weighted by Crippen LogP contribution is 2.39. The number of nitrogens with zero attached hydrogens (tertiary/aromatic N) is 2. The zero-order valence-corrected chi connectivity index (χ0v) is 40.6. The van der Waals surface area contributed by atoms with Crippen molar-refractivity contribution >= 4 is 34.0 Å². The third-order valence-corrected chi connectivity index (χ3v) is 13.6. The Kier molecular flexibility index (Phi) is 13.6. The molecule has 0 aromatic heterocycles. The number of rotatable bonds is 15. The van der Waals surface area contributed by atoms with Gasteiger partial charge in [0, 0.05) is 28.9 Å². The molecule has 9 rings (SSSR count). The van der Waals surface area contributed by atoms with Gasteiger partial charge in [-0.2, -0.15) is 0 Å². The van der Waals surface area contributed by atoms with Crippen LogP contribution >= 0.6 is 0 Å². The van der Waals surface area contributed by atoms with Crippen LogP contribution in [0.2, 0.25) is 0 Å². The van der Waals surface area contributed by atoms with Crippen molar-refractivity contribution in [2.75, 3.05) is 4.90 Å². The van der Waals surface area contributed by atoms with Gasteiger partial charge in [0.1, 0.15) is 0 Å². The van der Waals surface area contributed by atoms with Gasteiger partial charge in [-0.25, -0.2) is 0 Å². The molecule has 0 unspecified atom stereocenters. The zero-order chi connectivity index (χ0) is 47.9. The first-order chi connectivity index (χ1) is 33.5. The van der Waals surface area contributed by atoms with E-state index in [0.717, 1.165) is 79.4 Å². The topological polar surface area (TPSA) is 15.6 Å². The average molecular weight is 893 g/mol. The van der Waals surface area contributed by atoms with E-state index in [9.17, 15) is 0 Å². The summed E-state index contributed by atoms with van der Waals surface area (Å²) >= 11 is 0. The molecule has 0 N–H and O–H groups in total. The quantitative estimate of drug-likeness (QED) is 0.0937. The van der Waals surface area contributed by atoms with Gasteiger partial charge in [-0.3, -0.25) is 4.99 Å². The molecule has 0 radical (unpaired) electrons. The van der Waals surface area contributed by atoms with Crippen LogP contribution in [0.25, 0.3) is 22.4 Å². The minimum absolute atomic E-state index is 0.123. The molecule has 0 bridgehead atoms. The average Bonchev–Trinajstić information content (AvgIpc) is 3.38. The molecule has 0 spiro atoms. The summed E-state index contributed by atoms with van der Waals surface area (Å²) in [6.07, 6.45) is 1.53. The first-order valence-corrected chi connectivity index (χ1v) is 24.0. The second kappa shape index (κ2) is 20.4. The van der Waals surface area contributed by atoms with Crippen LogP contribution in [0.15, 0.2) is 243 Å². The number of hydrogen-bond acceptors (Lipinski definition) is 2. The second-order valence-corrected chi connectivity index (χ2v) is 18.7. The standard InChI is InChI=1S/C67H60N2/c1-47-22-14-18-30-62(47)67(6,7)63-31-19-17-27-57(63)42-53-34-36-54(37-35-53)50(4)55-38-40-56(41-39-55)59-44-58(51(5)69(61-28-12-9-13-29-61)66-33-21-16-24-49(66)3)45-60(46-59)65(43-52-25-10-8-11-26-52)68-64-32-20-15-23-48(64)2/h8-41,44-46H,4-5,42-43H2,1-3,6-7H3. The van der Waals surface area contributed by atoms with E-state index in [1.54, 1.807) is 0 Å². The molecule has 0 aliphatic rings. The molecule has 0 saturated carbocycles. The Morgan fingerprint density at radius 1 is 0.464 bits per heavy atom. The minimum atomic E-state index is -0.123. The molecule has 0 aliphatic heterocycles. The summed E-state index contributed by atoms with van der Waals surface area (Å²) in [6.45, 7) is 20.6. The number of aliphatic imine (C=N–C) groups is 1. The highest BCUT2D eigenvalue weighted by Gasteiger charge is 2.27. The maximum atomic E-state index is 5.43. The molecular formula is C67H60N2. The van der Waals surface area contributed by atoms with Gasteiger partial charge in [0.2, 0.25) is 0 Å². The summed E-state index contributed by atoms with van der Waals surface area (Å²) in [5, 5.41) is 0. The Morgan fingerprint density at radius 3 is 1.68 bits per heavy atom. The Morgan fingerprint density at radius 2 is 1.01 bits per heavy atom. The summed E-state index contributed by atoms with van der Waals surface area (Å²) in [4.78, 5) is 7.70. The van der Waals surface area contributed by atoms with Gasteiger partial charge in [-0.15, -0.1) is 0 Å². The molecule has 9 aromatic rings. The van der Waals surface area contributed by atoms with Gasteiger partial charge in [-0.05, 0) is 153 Å². The van der Waals surface area contributed by atoms with E-state index in [2.05, 4.69) is 271 Å². The number of benzene rings is 9. The Labute approximate surface area is 410 Å². The maximum absolute atomic E-state index is 5.43. The zero-order valence-electron chi connectivity index (χ0n) is 40.6. The SMILES string of the molecule is C=C(c1ccc(Cc2ccccc2C(C)(C)c2ccccc2C)cc1)c1ccc(-c2cc(C(=C)N(c3ccccc3)c3ccccc3C)cc(C(Cc3ccccc3)=Nc3ccccc3C)c2)cc1. The lowest BCUT2D eigenvalue weighted by Gasteiger charge is -2.30. The molecule has 69 heavy (non-hydrogen) atoms. The van der Waals surface area contributed by atoms with E-state index in [1.807, 2.05) is 0 Å². The van der Waals surface area contributed by atoms with Crippen molar-refractivity contribution in [2.24, 2.45) is 4.99 Å². The molecule has 338 valence electrons. The Balaban J connectivity index is 1.06. The normalized spacial score (nSPS) is 11.6. The fourth-order valence-corrected chi connectivity index (χ4v) is 9.70. The Bertz CT molecular complexity index is 3280. The molecule has 0 heterocycles. The summed E-state index contributed by atoms with van der Waals surface area (Å²) in [5.74, 6) is 0. The Hall–Kier alpha value is -8.07. The monoisotopic (exact) mass is 892 g/mol. The van der Waals surface area contributed by atoms with Crippen LogP contribution in [-0.2, 0) is 18.3 Å². The molecule has 0 amide bonds. The van der Waals surface area contributed by atoms with Gasteiger partial charge in [0.15, 0.2) is 0 Å². The summed E-state index contributed by atoms with van der Waals surface area (Å²) in [5.41, 5.74) is 22.4. The van der Waals surface area contributed by atoms with Crippen molar-refractivity contribution in [2.45, 2.75) is 52.9 Å². The summed E-state index contributed by atoms with van der Waals surface area (Å²) in [7, 11) is 0. The van der Waals surface area contributed by atoms with Gasteiger partial charge in [-0.1, -0.05) is 209 Å². The van der Waals surface area contributed by atoms with Crippen molar-refractivity contribution in [3.05, 3.63) is 304 Å². The van der Waals surface area contributed by atoms with E-state index in [0.29, 0.717) is 6.42 Å². The second-order valence-electron chi connectivity index (χ2n) is 18.7. The van der Waals surface area contributed by atoms with Crippen LogP contribution in [0.1, 0.15) is 80.6 Å². The van der Waals surface area contributed by atoms with E-state index in [-0.39, 0.29) is 5.41 Å². The third-order valence-electron chi connectivity index (χ3n) is 13.6. The van der Waals surface area contributed by atoms with E-state index < -0.39 is 0 Å². The lowest BCUT2D eigenvalue weighted by molar-refractivity contribution is 0.629. The van der Waals surface area contributed by atoms with Crippen LogP contribution in [-0.4, -0.2) is 5.71 Å². The van der Waals surface area contributed by atoms with Gasteiger partial charge in [0.05, 0.1) is 11.4 Å². The smallest absolute Gasteiger partial charge is 0.0662 e.